The van der Waals surface area contributed by atoms with Gasteiger partial charge in [-0.2, -0.15) is 0 Å². The third-order valence-electron chi connectivity index (χ3n) is 5.29. The molecule has 1 atom stereocenters. The zero-order chi connectivity index (χ0) is 22.1. The summed E-state index contributed by atoms with van der Waals surface area (Å²) >= 11 is 0. The van der Waals surface area contributed by atoms with E-state index in [1.807, 2.05) is 25.1 Å². The Balaban J connectivity index is 1.52. The van der Waals surface area contributed by atoms with Crippen LogP contribution in [0.1, 0.15) is 39.4 Å². The van der Waals surface area contributed by atoms with Crippen molar-refractivity contribution in [2.45, 2.75) is 13.1 Å². The molecular weight excluding hydrogens is 410 g/mol. The Morgan fingerprint density at radius 1 is 1.09 bits per heavy atom. The first-order chi connectivity index (χ1) is 15.7. The van der Waals surface area contributed by atoms with Crippen molar-refractivity contribution in [1.82, 2.24) is 10.4 Å². The molecule has 0 fully saturated rings. The molecule has 2 aliphatic heterocycles. The van der Waals surface area contributed by atoms with Gasteiger partial charge in [-0.1, -0.05) is 30.3 Å². The van der Waals surface area contributed by atoms with E-state index in [1.54, 1.807) is 48.5 Å². The van der Waals surface area contributed by atoms with Crippen LogP contribution in [0.3, 0.4) is 0 Å². The van der Waals surface area contributed by atoms with Crippen LogP contribution < -0.4 is 25.0 Å². The van der Waals surface area contributed by atoms with E-state index in [4.69, 9.17) is 14.2 Å². The summed E-state index contributed by atoms with van der Waals surface area (Å²) in [6.45, 7) is 2.41. The SMILES string of the molecule is CCOc1ccccc1C(=O)NN1C(=O)c2ccccc2N[C@H]1c1ccc2c(c1)OCO2. The number of nitrogens with one attached hydrogen (secondary N) is 2. The van der Waals surface area contributed by atoms with Gasteiger partial charge in [0.1, 0.15) is 11.9 Å². The van der Waals surface area contributed by atoms with Gasteiger partial charge in [0.25, 0.3) is 11.8 Å². The van der Waals surface area contributed by atoms with Crippen molar-refractivity contribution in [3.8, 4) is 17.2 Å². The molecule has 0 spiro atoms. The third-order valence-corrected chi connectivity index (χ3v) is 5.29. The predicted octanol–water partition coefficient (Wildman–Crippen LogP) is 3.73. The van der Waals surface area contributed by atoms with Crippen molar-refractivity contribution >= 4 is 17.5 Å². The quantitative estimate of drug-likeness (QED) is 0.640. The van der Waals surface area contributed by atoms with Gasteiger partial charge < -0.3 is 19.5 Å². The molecule has 0 saturated heterocycles. The van der Waals surface area contributed by atoms with Crippen LogP contribution in [0, 0.1) is 0 Å². The molecule has 0 aliphatic carbocycles. The highest BCUT2D eigenvalue weighted by Gasteiger charge is 2.35. The highest BCUT2D eigenvalue weighted by Crippen LogP contribution is 2.38. The summed E-state index contributed by atoms with van der Waals surface area (Å²) in [5.74, 6) is 0.893. The number of nitrogens with zero attached hydrogens (tertiary/aromatic N) is 1. The lowest BCUT2D eigenvalue weighted by Crippen LogP contribution is -2.52. The van der Waals surface area contributed by atoms with Crippen LogP contribution in [-0.2, 0) is 0 Å². The van der Waals surface area contributed by atoms with E-state index < -0.39 is 12.1 Å². The Labute approximate surface area is 184 Å². The summed E-state index contributed by atoms with van der Waals surface area (Å²) in [7, 11) is 0. The number of anilines is 1. The Morgan fingerprint density at radius 2 is 1.88 bits per heavy atom. The van der Waals surface area contributed by atoms with Gasteiger partial charge in [-0.05, 0) is 43.3 Å². The average Bonchev–Trinajstić information content (AvgIpc) is 3.29. The van der Waals surface area contributed by atoms with E-state index in [0.717, 1.165) is 5.56 Å². The minimum Gasteiger partial charge on any atom is -0.493 e. The molecule has 0 radical (unpaired) electrons. The van der Waals surface area contributed by atoms with Crippen molar-refractivity contribution in [2.75, 3.05) is 18.7 Å². The van der Waals surface area contributed by atoms with Crippen LogP contribution in [0.15, 0.2) is 66.7 Å². The second kappa shape index (κ2) is 8.14. The number of hydrogen-bond acceptors (Lipinski definition) is 6. The molecule has 5 rings (SSSR count). The average molecular weight is 431 g/mol. The highest BCUT2D eigenvalue weighted by atomic mass is 16.7. The van der Waals surface area contributed by atoms with Crippen molar-refractivity contribution in [2.24, 2.45) is 0 Å². The van der Waals surface area contributed by atoms with Crippen LogP contribution >= 0.6 is 0 Å². The van der Waals surface area contributed by atoms with Gasteiger partial charge in [-0.25, -0.2) is 5.01 Å². The number of hydrazine groups is 1. The van der Waals surface area contributed by atoms with Crippen molar-refractivity contribution in [3.05, 3.63) is 83.4 Å². The van der Waals surface area contributed by atoms with E-state index in [-0.39, 0.29) is 12.7 Å². The fourth-order valence-electron chi connectivity index (χ4n) is 3.79. The Kier molecular flexibility index (Phi) is 5.03. The molecule has 0 saturated carbocycles. The Hall–Kier alpha value is -4.20. The van der Waals surface area contributed by atoms with Gasteiger partial charge in [0.15, 0.2) is 11.5 Å². The minimum atomic E-state index is -0.657. The standard InChI is InChI=1S/C24H21N3O5/c1-2-30-19-10-6-4-8-17(19)23(28)26-27-22(15-11-12-20-21(13-15)32-14-31-20)25-18-9-5-3-7-16(18)24(27)29/h3-13,22,25H,2,14H2,1H3,(H,26,28)/t22-/m1/s1. The molecule has 0 unspecified atom stereocenters. The monoisotopic (exact) mass is 431 g/mol. The second-order valence-corrected chi connectivity index (χ2v) is 7.25. The van der Waals surface area contributed by atoms with Gasteiger partial charge >= 0.3 is 0 Å². The summed E-state index contributed by atoms with van der Waals surface area (Å²) in [4.78, 5) is 26.6. The number of carbonyl (C=O) groups is 2. The van der Waals surface area contributed by atoms with Crippen molar-refractivity contribution in [1.29, 1.82) is 0 Å². The van der Waals surface area contributed by atoms with Crippen LogP contribution in [0.5, 0.6) is 17.2 Å². The molecule has 8 heteroatoms. The third kappa shape index (κ3) is 3.45. The lowest BCUT2D eigenvalue weighted by Gasteiger charge is -2.37. The summed E-state index contributed by atoms with van der Waals surface area (Å²) in [5.41, 5.74) is 4.98. The molecule has 2 amide bonds. The zero-order valence-electron chi connectivity index (χ0n) is 17.3. The normalized spacial score (nSPS) is 16.2. The lowest BCUT2D eigenvalue weighted by molar-refractivity contribution is 0.0489. The van der Waals surface area contributed by atoms with E-state index in [9.17, 15) is 9.59 Å². The summed E-state index contributed by atoms with van der Waals surface area (Å²) in [6, 6.07) is 19.5. The number of para-hydroxylation sites is 2. The number of rotatable bonds is 5. The van der Waals surface area contributed by atoms with Gasteiger partial charge in [-0.3, -0.25) is 15.0 Å². The lowest BCUT2D eigenvalue weighted by atomic mass is 10.0. The minimum absolute atomic E-state index is 0.146. The number of benzene rings is 3. The fourth-order valence-corrected chi connectivity index (χ4v) is 3.79. The second-order valence-electron chi connectivity index (χ2n) is 7.25. The zero-order valence-corrected chi connectivity index (χ0v) is 17.3. The van der Waals surface area contributed by atoms with Crippen LogP contribution in [0.25, 0.3) is 0 Å². The number of hydrogen-bond donors (Lipinski definition) is 2. The first-order valence-electron chi connectivity index (χ1n) is 10.3. The summed E-state index contributed by atoms with van der Waals surface area (Å²) in [6.07, 6.45) is -0.657. The molecule has 3 aromatic carbocycles. The molecule has 2 N–H and O–H groups in total. The van der Waals surface area contributed by atoms with Crippen LogP contribution in [0.2, 0.25) is 0 Å². The van der Waals surface area contributed by atoms with Crippen molar-refractivity contribution < 1.29 is 23.8 Å². The van der Waals surface area contributed by atoms with E-state index >= 15 is 0 Å². The van der Waals surface area contributed by atoms with Crippen LogP contribution in [0.4, 0.5) is 5.69 Å². The predicted molar refractivity (Wildman–Crippen MR) is 117 cm³/mol. The summed E-state index contributed by atoms with van der Waals surface area (Å²) in [5, 5.41) is 4.64. The van der Waals surface area contributed by atoms with Crippen LogP contribution in [-0.4, -0.2) is 30.2 Å². The maximum absolute atomic E-state index is 13.4. The largest absolute Gasteiger partial charge is 0.493 e. The fraction of sp³-hybridized carbons (Fsp3) is 0.167. The summed E-state index contributed by atoms with van der Waals surface area (Å²) < 4.78 is 16.5. The molecule has 32 heavy (non-hydrogen) atoms. The number of carbonyl (C=O) groups excluding carboxylic acids is 2. The molecular formula is C24H21N3O5. The molecule has 2 aliphatic rings. The highest BCUT2D eigenvalue weighted by molar-refractivity contribution is 6.04. The number of ether oxygens (including phenoxy) is 3. The molecule has 8 nitrogen and oxygen atoms in total. The molecule has 0 aromatic heterocycles. The number of fused-ring (bicyclic) bond motifs is 2. The van der Waals surface area contributed by atoms with E-state index in [0.29, 0.717) is 40.7 Å². The molecule has 0 bridgehead atoms. The maximum atomic E-state index is 13.4. The van der Waals surface area contributed by atoms with E-state index in [2.05, 4.69) is 10.7 Å². The van der Waals surface area contributed by atoms with Crippen molar-refractivity contribution in [3.63, 3.8) is 0 Å². The molecule has 2 heterocycles. The number of amides is 2. The Morgan fingerprint density at radius 3 is 2.75 bits per heavy atom. The first-order valence-corrected chi connectivity index (χ1v) is 10.3. The maximum Gasteiger partial charge on any atom is 0.276 e. The smallest absolute Gasteiger partial charge is 0.276 e. The van der Waals surface area contributed by atoms with Gasteiger partial charge in [0, 0.05) is 11.3 Å². The first kappa shape index (κ1) is 19.7. The van der Waals surface area contributed by atoms with E-state index in [1.165, 1.54) is 5.01 Å². The molecule has 3 aromatic rings. The topological polar surface area (TPSA) is 89.1 Å². The van der Waals surface area contributed by atoms with Gasteiger partial charge in [-0.15, -0.1) is 0 Å². The Bertz CT molecular complexity index is 1200. The molecule has 162 valence electrons. The van der Waals surface area contributed by atoms with Gasteiger partial charge in [0.05, 0.1) is 17.7 Å². The van der Waals surface area contributed by atoms with Gasteiger partial charge in [0.2, 0.25) is 6.79 Å².